The van der Waals surface area contributed by atoms with E-state index in [-0.39, 0.29) is 11.9 Å². The summed E-state index contributed by atoms with van der Waals surface area (Å²) in [6, 6.07) is 9.24. The molecule has 1 saturated carbocycles. The van der Waals surface area contributed by atoms with E-state index in [4.69, 9.17) is 5.73 Å². The zero-order valence-corrected chi connectivity index (χ0v) is 11.1. The van der Waals surface area contributed by atoms with Crippen molar-refractivity contribution in [1.82, 2.24) is 5.32 Å². The Bertz CT molecular complexity index is 404. The van der Waals surface area contributed by atoms with Crippen LogP contribution in [0.5, 0.6) is 0 Å². The molecule has 0 heterocycles. The molecule has 4 unspecified atom stereocenters. The molecule has 1 aliphatic rings. The van der Waals surface area contributed by atoms with Gasteiger partial charge in [-0.3, -0.25) is 4.79 Å². The van der Waals surface area contributed by atoms with Crippen LogP contribution in [0.1, 0.15) is 38.3 Å². The molecule has 2 rings (SSSR count). The molecule has 0 saturated heterocycles. The maximum absolute atomic E-state index is 12.1. The summed E-state index contributed by atoms with van der Waals surface area (Å²) in [7, 11) is 0. The minimum Gasteiger partial charge on any atom is -0.351 e. The van der Waals surface area contributed by atoms with Gasteiger partial charge < -0.3 is 11.1 Å². The van der Waals surface area contributed by atoms with Crippen molar-refractivity contribution in [3.05, 3.63) is 35.9 Å². The number of nitrogens with one attached hydrogen (secondary N) is 1. The number of benzene rings is 1. The van der Waals surface area contributed by atoms with Crippen LogP contribution < -0.4 is 11.1 Å². The molecule has 0 spiro atoms. The van der Waals surface area contributed by atoms with Gasteiger partial charge in [0.15, 0.2) is 0 Å². The molecule has 1 aliphatic carbocycles. The van der Waals surface area contributed by atoms with Gasteiger partial charge in [-0.15, -0.1) is 0 Å². The molecule has 98 valence electrons. The molecule has 3 heteroatoms. The summed E-state index contributed by atoms with van der Waals surface area (Å²) in [5.41, 5.74) is 6.85. The lowest BCUT2D eigenvalue weighted by Crippen LogP contribution is -2.42. The van der Waals surface area contributed by atoms with Crippen LogP contribution in [0.15, 0.2) is 30.3 Å². The third kappa shape index (κ3) is 2.72. The summed E-state index contributed by atoms with van der Waals surface area (Å²) in [6.07, 6.45) is 2.25. The van der Waals surface area contributed by atoms with Crippen molar-refractivity contribution in [3.63, 3.8) is 0 Å². The summed E-state index contributed by atoms with van der Waals surface area (Å²) in [6.45, 7) is 4.45. The Labute approximate surface area is 109 Å². The Morgan fingerprint density at radius 3 is 2.50 bits per heavy atom. The standard InChI is InChI=1S/C15H22N2O/c1-10-8-9-13(11(10)2)17-15(18)14(16)12-6-4-3-5-7-12/h3-7,10-11,13-14H,8-9,16H2,1-2H3,(H,17,18). The predicted molar refractivity (Wildman–Crippen MR) is 72.9 cm³/mol. The van der Waals surface area contributed by atoms with Crippen LogP contribution in [-0.4, -0.2) is 11.9 Å². The van der Waals surface area contributed by atoms with Gasteiger partial charge in [-0.2, -0.15) is 0 Å². The molecular formula is C15H22N2O. The number of amides is 1. The number of carbonyl (C=O) groups is 1. The molecule has 0 aliphatic heterocycles. The quantitative estimate of drug-likeness (QED) is 0.859. The fourth-order valence-electron chi connectivity index (χ4n) is 2.65. The van der Waals surface area contributed by atoms with Gasteiger partial charge in [0.25, 0.3) is 0 Å². The van der Waals surface area contributed by atoms with Crippen LogP contribution in [0, 0.1) is 11.8 Å². The van der Waals surface area contributed by atoms with E-state index >= 15 is 0 Å². The Morgan fingerprint density at radius 1 is 1.28 bits per heavy atom. The Balaban J connectivity index is 1.96. The minimum absolute atomic E-state index is 0.0628. The highest BCUT2D eigenvalue weighted by molar-refractivity contribution is 5.83. The molecule has 0 bridgehead atoms. The van der Waals surface area contributed by atoms with Gasteiger partial charge in [-0.1, -0.05) is 44.2 Å². The van der Waals surface area contributed by atoms with E-state index < -0.39 is 6.04 Å². The van der Waals surface area contributed by atoms with Crippen LogP contribution in [0.25, 0.3) is 0 Å². The topological polar surface area (TPSA) is 55.1 Å². The summed E-state index contributed by atoms with van der Waals surface area (Å²) in [5.74, 6) is 1.16. The van der Waals surface area contributed by atoms with Gasteiger partial charge in [-0.05, 0) is 30.2 Å². The molecular weight excluding hydrogens is 224 g/mol. The predicted octanol–water partition coefficient (Wildman–Crippen LogP) is 2.24. The maximum Gasteiger partial charge on any atom is 0.241 e. The molecule has 4 atom stereocenters. The Kier molecular flexibility index (Phi) is 4.02. The van der Waals surface area contributed by atoms with E-state index in [9.17, 15) is 4.79 Å². The van der Waals surface area contributed by atoms with Gasteiger partial charge in [0.1, 0.15) is 6.04 Å². The van der Waals surface area contributed by atoms with E-state index in [0.717, 1.165) is 12.0 Å². The normalized spacial score (nSPS) is 28.9. The first-order valence-electron chi connectivity index (χ1n) is 6.70. The largest absolute Gasteiger partial charge is 0.351 e. The molecule has 3 N–H and O–H groups in total. The van der Waals surface area contributed by atoms with Crippen LogP contribution in [0.3, 0.4) is 0 Å². The first kappa shape index (κ1) is 13.1. The summed E-state index contributed by atoms with van der Waals surface area (Å²) >= 11 is 0. The smallest absolute Gasteiger partial charge is 0.241 e. The number of carbonyl (C=O) groups excluding carboxylic acids is 1. The Hall–Kier alpha value is -1.35. The average molecular weight is 246 g/mol. The van der Waals surface area contributed by atoms with Gasteiger partial charge in [-0.25, -0.2) is 0 Å². The zero-order valence-electron chi connectivity index (χ0n) is 11.1. The van der Waals surface area contributed by atoms with E-state index in [1.807, 2.05) is 30.3 Å². The minimum atomic E-state index is -0.561. The molecule has 0 aromatic heterocycles. The van der Waals surface area contributed by atoms with Crippen LogP contribution in [0.4, 0.5) is 0 Å². The van der Waals surface area contributed by atoms with Crippen molar-refractivity contribution in [2.45, 2.75) is 38.8 Å². The van der Waals surface area contributed by atoms with Crippen LogP contribution in [-0.2, 0) is 4.79 Å². The SMILES string of the molecule is CC1CCC(NC(=O)C(N)c2ccccc2)C1C. The van der Waals surface area contributed by atoms with Crippen LogP contribution >= 0.6 is 0 Å². The molecule has 1 amide bonds. The fourth-order valence-corrected chi connectivity index (χ4v) is 2.65. The monoisotopic (exact) mass is 246 g/mol. The lowest BCUT2D eigenvalue weighted by atomic mass is 9.97. The summed E-state index contributed by atoms with van der Waals surface area (Å²) < 4.78 is 0. The van der Waals surface area contributed by atoms with E-state index in [1.165, 1.54) is 6.42 Å². The molecule has 1 fully saturated rings. The zero-order chi connectivity index (χ0) is 13.1. The lowest BCUT2D eigenvalue weighted by Gasteiger charge is -2.22. The number of nitrogens with two attached hydrogens (primary N) is 1. The van der Waals surface area contributed by atoms with Crippen LogP contribution in [0.2, 0.25) is 0 Å². The first-order chi connectivity index (χ1) is 8.59. The Morgan fingerprint density at radius 2 is 1.94 bits per heavy atom. The van der Waals surface area contributed by atoms with Crippen molar-refractivity contribution in [2.75, 3.05) is 0 Å². The lowest BCUT2D eigenvalue weighted by molar-refractivity contribution is -0.123. The molecule has 18 heavy (non-hydrogen) atoms. The second-order valence-electron chi connectivity index (χ2n) is 5.42. The highest BCUT2D eigenvalue weighted by atomic mass is 16.2. The van der Waals surface area contributed by atoms with Crippen molar-refractivity contribution in [3.8, 4) is 0 Å². The summed E-state index contributed by atoms with van der Waals surface area (Å²) in [5, 5.41) is 3.09. The average Bonchev–Trinajstić information content (AvgIpc) is 2.71. The van der Waals surface area contributed by atoms with Crippen molar-refractivity contribution < 1.29 is 4.79 Å². The molecule has 0 radical (unpaired) electrons. The maximum atomic E-state index is 12.1. The van der Waals surface area contributed by atoms with E-state index in [2.05, 4.69) is 19.2 Å². The van der Waals surface area contributed by atoms with E-state index in [0.29, 0.717) is 11.8 Å². The second kappa shape index (κ2) is 5.53. The van der Waals surface area contributed by atoms with Crippen molar-refractivity contribution >= 4 is 5.91 Å². The first-order valence-corrected chi connectivity index (χ1v) is 6.70. The number of rotatable bonds is 3. The van der Waals surface area contributed by atoms with Crippen molar-refractivity contribution in [1.29, 1.82) is 0 Å². The van der Waals surface area contributed by atoms with Gasteiger partial charge >= 0.3 is 0 Å². The number of hydrogen-bond acceptors (Lipinski definition) is 2. The molecule has 1 aromatic rings. The van der Waals surface area contributed by atoms with Gasteiger partial charge in [0.2, 0.25) is 5.91 Å². The highest BCUT2D eigenvalue weighted by Crippen LogP contribution is 2.31. The fraction of sp³-hybridized carbons (Fsp3) is 0.533. The van der Waals surface area contributed by atoms with Gasteiger partial charge in [0, 0.05) is 6.04 Å². The summed E-state index contributed by atoms with van der Waals surface area (Å²) in [4.78, 5) is 12.1. The van der Waals surface area contributed by atoms with Gasteiger partial charge in [0.05, 0.1) is 0 Å². The second-order valence-corrected chi connectivity index (χ2v) is 5.42. The van der Waals surface area contributed by atoms with E-state index in [1.54, 1.807) is 0 Å². The molecule has 1 aromatic carbocycles. The third-order valence-corrected chi connectivity index (χ3v) is 4.23. The highest BCUT2D eigenvalue weighted by Gasteiger charge is 2.31. The molecule has 3 nitrogen and oxygen atoms in total. The number of hydrogen-bond donors (Lipinski definition) is 2. The van der Waals surface area contributed by atoms with Crippen molar-refractivity contribution in [2.24, 2.45) is 17.6 Å². The third-order valence-electron chi connectivity index (χ3n) is 4.23.